The van der Waals surface area contributed by atoms with Crippen molar-refractivity contribution < 1.29 is 13.9 Å². The van der Waals surface area contributed by atoms with E-state index in [1.54, 1.807) is 35.5 Å². The van der Waals surface area contributed by atoms with Crippen molar-refractivity contribution in [2.45, 2.75) is 12.6 Å². The van der Waals surface area contributed by atoms with Crippen molar-refractivity contribution in [2.24, 2.45) is 0 Å². The van der Waals surface area contributed by atoms with Crippen molar-refractivity contribution in [3.8, 4) is 0 Å². The molecule has 4 rings (SSSR count). The number of carbonyl (C=O) groups excluding carboxylic acids is 1. The predicted molar refractivity (Wildman–Crippen MR) is 90.0 cm³/mol. The molecule has 1 aliphatic rings. The Balaban J connectivity index is 1.52. The first-order chi connectivity index (χ1) is 12.2. The van der Waals surface area contributed by atoms with Crippen LogP contribution in [0.5, 0.6) is 0 Å². The van der Waals surface area contributed by atoms with Crippen molar-refractivity contribution in [2.75, 3.05) is 19.7 Å². The number of nitrogens with zero attached hydrogens (tertiary/aromatic N) is 3. The minimum atomic E-state index is -0.520. The fourth-order valence-corrected chi connectivity index (χ4v) is 3.05. The van der Waals surface area contributed by atoms with Gasteiger partial charge in [0.1, 0.15) is 12.6 Å². The number of aromatic nitrogens is 2. The smallest absolute Gasteiger partial charge is 0.408 e. The molecule has 2 aromatic heterocycles. The molecule has 7 nitrogen and oxygen atoms in total. The summed E-state index contributed by atoms with van der Waals surface area (Å²) in [6, 6.07) is 10.9. The third-order valence-corrected chi connectivity index (χ3v) is 4.36. The number of rotatable bonds is 3. The highest BCUT2D eigenvalue weighted by molar-refractivity contribution is 5.79. The van der Waals surface area contributed by atoms with E-state index in [2.05, 4.69) is 4.98 Å². The molecule has 1 unspecified atom stereocenters. The first-order valence-electron chi connectivity index (χ1n) is 8.10. The molecule has 1 atom stereocenters. The molecule has 0 saturated carbocycles. The topological polar surface area (TPSA) is 77.6 Å². The Hall–Kier alpha value is -2.93. The summed E-state index contributed by atoms with van der Waals surface area (Å²) in [4.78, 5) is 30.5. The summed E-state index contributed by atoms with van der Waals surface area (Å²) in [5.41, 5.74) is 2.09. The molecule has 0 aliphatic carbocycles. The van der Waals surface area contributed by atoms with Gasteiger partial charge >= 0.3 is 5.76 Å². The Labute approximate surface area is 143 Å². The maximum atomic E-state index is 12.7. The zero-order chi connectivity index (χ0) is 17.2. The van der Waals surface area contributed by atoms with E-state index in [1.807, 2.05) is 18.2 Å². The SMILES string of the molecule is O=C(Cn1c(=O)oc2ccccc21)N1CCOC(c2ccncc2)C1. The Morgan fingerprint density at radius 1 is 1.20 bits per heavy atom. The molecule has 0 radical (unpaired) electrons. The second-order valence-electron chi connectivity index (χ2n) is 5.90. The van der Waals surface area contributed by atoms with Crippen LogP contribution in [0.1, 0.15) is 11.7 Å². The quantitative estimate of drug-likeness (QED) is 0.724. The summed E-state index contributed by atoms with van der Waals surface area (Å²) in [7, 11) is 0. The number of hydrogen-bond acceptors (Lipinski definition) is 5. The average molecular weight is 339 g/mol. The number of hydrogen-bond donors (Lipinski definition) is 0. The fourth-order valence-electron chi connectivity index (χ4n) is 3.05. The van der Waals surface area contributed by atoms with Gasteiger partial charge in [0, 0.05) is 18.9 Å². The second-order valence-corrected chi connectivity index (χ2v) is 5.90. The summed E-state index contributed by atoms with van der Waals surface area (Å²) >= 11 is 0. The molecule has 1 aromatic carbocycles. The van der Waals surface area contributed by atoms with Crippen LogP contribution in [-0.2, 0) is 16.1 Å². The molecule has 3 aromatic rings. The molecule has 128 valence electrons. The number of morpholine rings is 1. The van der Waals surface area contributed by atoms with E-state index in [0.29, 0.717) is 30.8 Å². The highest BCUT2D eigenvalue weighted by Crippen LogP contribution is 2.22. The van der Waals surface area contributed by atoms with Gasteiger partial charge in [0.2, 0.25) is 5.91 Å². The van der Waals surface area contributed by atoms with Gasteiger partial charge in [-0.1, -0.05) is 12.1 Å². The maximum absolute atomic E-state index is 12.7. The lowest BCUT2D eigenvalue weighted by Gasteiger charge is -2.33. The average Bonchev–Trinajstić information content (AvgIpc) is 2.98. The van der Waals surface area contributed by atoms with Gasteiger partial charge < -0.3 is 14.1 Å². The van der Waals surface area contributed by atoms with E-state index >= 15 is 0 Å². The predicted octanol–water partition coefficient (Wildman–Crippen LogP) is 1.59. The van der Waals surface area contributed by atoms with E-state index in [4.69, 9.17) is 9.15 Å². The molecule has 1 aliphatic heterocycles. The number of benzene rings is 1. The van der Waals surface area contributed by atoms with Crippen LogP contribution in [0.2, 0.25) is 0 Å². The first kappa shape index (κ1) is 15.6. The van der Waals surface area contributed by atoms with Gasteiger partial charge in [0.15, 0.2) is 5.58 Å². The molecule has 0 spiro atoms. The third kappa shape index (κ3) is 3.06. The Morgan fingerprint density at radius 2 is 2.00 bits per heavy atom. The van der Waals surface area contributed by atoms with Crippen molar-refractivity contribution in [1.82, 2.24) is 14.5 Å². The van der Waals surface area contributed by atoms with Gasteiger partial charge in [-0.3, -0.25) is 14.3 Å². The summed E-state index contributed by atoms with van der Waals surface area (Å²) in [5.74, 6) is -0.649. The van der Waals surface area contributed by atoms with Crippen LogP contribution in [0.4, 0.5) is 0 Å². The second kappa shape index (κ2) is 6.52. The number of carbonyl (C=O) groups is 1. The summed E-state index contributed by atoms with van der Waals surface area (Å²) < 4.78 is 12.3. The highest BCUT2D eigenvalue weighted by atomic mass is 16.5. The van der Waals surface area contributed by atoms with Crippen LogP contribution in [0.3, 0.4) is 0 Å². The van der Waals surface area contributed by atoms with Crippen molar-refractivity contribution in [3.63, 3.8) is 0 Å². The summed E-state index contributed by atoms with van der Waals surface area (Å²) in [5, 5.41) is 0. The van der Waals surface area contributed by atoms with Crippen LogP contribution in [0.25, 0.3) is 11.1 Å². The van der Waals surface area contributed by atoms with Gasteiger partial charge in [-0.05, 0) is 29.8 Å². The number of pyridine rings is 1. The molecule has 1 fully saturated rings. The van der Waals surface area contributed by atoms with E-state index in [9.17, 15) is 9.59 Å². The number of oxazole rings is 1. The van der Waals surface area contributed by atoms with Gasteiger partial charge in [0.05, 0.1) is 18.7 Å². The lowest BCUT2D eigenvalue weighted by molar-refractivity contribution is -0.139. The van der Waals surface area contributed by atoms with Crippen molar-refractivity contribution in [1.29, 1.82) is 0 Å². The molecule has 25 heavy (non-hydrogen) atoms. The first-order valence-corrected chi connectivity index (χ1v) is 8.10. The van der Waals surface area contributed by atoms with Gasteiger partial charge in [-0.25, -0.2) is 4.79 Å². The van der Waals surface area contributed by atoms with Gasteiger partial charge in [0.25, 0.3) is 0 Å². The molecule has 0 bridgehead atoms. The lowest BCUT2D eigenvalue weighted by atomic mass is 10.1. The van der Waals surface area contributed by atoms with Gasteiger partial charge in [-0.2, -0.15) is 0 Å². The van der Waals surface area contributed by atoms with E-state index in [1.165, 1.54) is 4.57 Å². The summed E-state index contributed by atoms with van der Waals surface area (Å²) in [6.07, 6.45) is 3.23. The van der Waals surface area contributed by atoms with Crippen LogP contribution in [0, 0.1) is 0 Å². The van der Waals surface area contributed by atoms with Crippen LogP contribution in [0.15, 0.2) is 58.0 Å². The molecule has 3 heterocycles. The Morgan fingerprint density at radius 3 is 2.84 bits per heavy atom. The van der Waals surface area contributed by atoms with E-state index < -0.39 is 5.76 Å². The van der Waals surface area contributed by atoms with Gasteiger partial charge in [-0.15, -0.1) is 0 Å². The van der Waals surface area contributed by atoms with Crippen LogP contribution in [-0.4, -0.2) is 40.1 Å². The van der Waals surface area contributed by atoms with E-state index in [-0.39, 0.29) is 18.6 Å². The minimum absolute atomic E-state index is 0.0427. The number of fused-ring (bicyclic) bond motifs is 1. The van der Waals surface area contributed by atoms with Crippen molar-refractivity contribution >= 4 is 17.0 Å². The molecule has 1 amide bonds. The molecule has 0 N–H and O–H groups in total. The molecule has 7 heteroatoms. The van der Waals surface area contributed by atoms with Crippen LogP contribution >= 0.6 is 0 Å². The summed E-state index contributed by atoms with van der Waals surface area (Å²) in [6.45, 7) is 1.37. The zero-order valence-electron chi connectivity index (χ0n) is 13.5. The number of para-hydroxylation sites is 2. The monoisotopic (exact) mass is 339 g/mol. The maximum Gasteiger partial charge on any atom is 0.420 e. The standard InChI is InChI=1S/C18H17N3O4/c22-17(12-21-14-3-1-2-4-15(14)25-18(21)23)20-9-10-24-16(11-20)13-5-7-19-8-6-13/h1-8,16H,9-12H2. The largest absolute Gasteiger partial charge is 0.420 e. The van der Waals surface area contributed by atoms with Crippen molar-refractivity contribution in [3.05, 3.63) is 64.9 Å². The highest BCUT2D eigenvalue weighted by Gasteiger charge is 2.26. The zero-order valence-corrected chi connectivity index (χ0v) is 13.5. The fraction of sp³-hybridized carbons (Fsp3) is 0.278. The Bertz CT molecular complexity index is 948. The normalized spacial score (nSPS) is 17.8. The minimum Gasteiger partial charge on any atom is -0.408 e. The number of amides is 1. The third-order valence-electron chi connectivity index (χ3n) is 4.36. The van der Waals surface area contributed by atoms with Crippen LogP contribution < -0.4 is 5.76 Å². The Kier molecular flexibility index (Phi) is 4.07. The lowest BCUT2D eigenvalue weighted by Crippen LogP contribution is -2.44. The molecular weight excluding hydrogens is 322 g/mol. The molecular formula is C18H17N3O4. The molecule has 1 saturated heterocycles. The number of ether oxygens (including phenoxy) is 1. The van der Waals surface area contributed by atoms with E-state index in [0.717, 1.165) is 5.56 Å².